The van der Waals surface area contributed by atoms with Gasteiger partial charge in [0.1, 0.15) is 0 Å². The highest BCUT2D eigenvalue weighted by molar-refractivity contribution is 5.34. The van der Waals surface area contributed by atoms with Gasteiger partial charge >= 0.3 is 6.18 Å². The predicted molar refractivity (Wildman–Crippen MR) is 283 cm³/mol. The molecule has 6 rings (SSSR count). The van der Waals surface area contributed by atoms with Gasteiger partial charge in [-0.2, -0.15) is 13.2 Å². The van der Waals surface area contributed by atoms with Crippen molar-refractivity contribution in [2.75, 3.05) is 0 Å². The van der Waals surface area contributed by atoms with Crippen molar-refractivity contribution in [1.29, 1.82) is 0 Å². The fourth-order valence-corrected chi connectivity index (χ4v) is 8.83. The van der Waals surface area contributed by atoms with Crippen LogP contribution in [0.25, 0.3) is 0 Å². The monoisotopic (exact) mass is 931 g/mol. The Morgan fingerprint density at radius 1 is 0.522 bits per heavy atom. The molecule has 2 aliphatic rings. The number of rotatable bonds is 2. The lowest BCUT2D eigenvalue weighted by Gasteiger charge is -2.42. The van der Waals surface area contributed by atoms with Crippen molar-refractivity contribution in [2.24, 2.45) is 22.2 Å². The van der Waals surface area contributed by atoms with Crippen LogP contribution in [0.2, 0.25) is 0 Å². The zero-order chi connectivity index (χ0) is 51.5. The Hall–Kier alpha value is -3.61. The van der Waals surface area contributed by atoms with Crippen LogP contribution in [-0.2, 0) is 21.7 Å². The summed E-state index contributed by atoms with van der Waals surface area (Å²) in [6.07, 6.45) is 19.5. The second-order valence-electron chi connectivity index (χ2n) is 25.7. The molecule has 0 radical (unpaired) electrons. The van der Waals surface area contributed by atoms with E-state index in [-0.39, 0.29) is 33.5 Å². The van der Waals surface area contributed by atoms with Crippen LogP contribution in [0, 0.1) is 36.0 Å². The van der Waals surface area contributed by atoms with E-state index in [2.05, 4.69) is 168 Å². The second kappa shape index (κ2) is 26.4. The van der Waals surface area contributed by atoms with Gasteiger partial charge in [-0.15, -0.1) is 0 Å². The molecule has 2 saturated carbocycles. The van der Waals surface area contributed by atoms with E-state index in [9.17, 15) is 13.2 Å². The summed E-state index contributed by atoms with van der Waals surface area (Å²) in [5.41, 5.74) is 9.92. The van der Waals surface area contributed by atoms with Crippen molar-refractivity contribution in [3.8, 4) is 0 Å². The van der Waals surface area contributed by atoms with Gasteiger partial charge in [0.15, 0.2) is 0 Å². The highest BCUT2D eigenvalue weighted by Crippen LogP contribution is 2.53. The molecular formula is C60H97F3N4. The fraction of sp³-hybridized carbons (Fsp3) is 0.667. The molecule has 0 N–H and O–H groups in total. The summed E-state index contributed by atoms with van der Waals surface area (Å²) in [5, 5.41) is 0. The van der Waals surface area contributed by atoms with E-state index < -0.39 is 12.6 Å². The summed E-state index contributed by atoms with van der Waals surface area (Å²) >= 11 is 0. The van der Waals surface area contributed by atoms with Gasteiger partial charge in [-0.05, 0) is 162 Å². The van der Waals surface area contributed by atoms with Crippen LogP contribution in [0.15, 0.2) is 85.7 Å². The minimum Gasteiger partial charge on any atom is -0.265 e. The van der Waals surface area contributed by atoms with Gasteiger partial charge in [-0.25, -0.2) is 0 Å². The molecule has 0 atom stereocenters. The third-order valence-electron chi connectivity index (χ3n) is 12.9. The standard InChI is InChI=1S/C14H26.C11H17N.3C9H13N.C8H15F3/c1-13(2,3)12-6-10-14(11-7-12)8-4-5-9-14;1-8-6-7-12-9(2)10(8)11(3,4)5;1-9(2,3)8-4-6-10-7-5-8;1-9(2,3)8-5-4-6-10-7-8;1-9(2,3)8-6-4-5-7-10-8;1-7(2,3)5-4-6-8(9,10)11/h12H,4-11H2,1-3H3;6-7H,1-5H3;3*4-7H,1-3H3;4-6H2,1-3H3. The molecule has 4 aromatic rings. The first-order chi connectivity index (χ1) is 30.5. The number of hydrogen-bond donors (Lipinski definition) is 0. The molecule has 0 aliphatic heterocycles. The van der Waals surface area contributed by atoms with Crippen molar-refractivity contribution in [2.45, 2.75) is 237 Å². The smallest absolute Gasteiger partial charge is 0.265 e. The minimum atomic E-state index is -3.98. The highest BCUT2D eigenvalue weighted by atomic mass is 19.4. The van der Waals surface area contributed by atoms with Crippen LogP contribution in [-0.4, -0.2) is 26.1 Å². The normalized spacial score (nSPS) is 15.4. The summed E-state index contributed by atoms with van der Waals surface area (Å²) in [6.45, 7) is 43.6. The molecule has 2 fully saturated rings. The largest absolute Gasteiger partial charge is 0.389 e. The van der Waals surface area contributed by atoms with Gasteiger partial charge in [0.05, 0.1) is 0 Å². The lowest BCUT2D eigenvalue weighted by molar-refractivity contribution is -0.136. The Kier molecular flexibility index (Phi) is 24.2. The van der Waals surface area contributed by atoms with Crippen LogP contribution in [0.5, 0.6) is 0 Å². The maximum Gasteiger partial charge on any atom is 0.389 e. The summed E-state index contributed by atoms with van der Waals surface area (Å²) in [4.78, 5) is 16.6. The molecule has 67 heavy (non-hydrogen) atoms. The molecule has 2 aliphatic carbocycles. The van der Waals surface area contributed by atoms with Gasteiger partial charge in [0.2, 0.25) is 0 Å². The zero-order valence-corrected chi connectivity index (χ0v) is 46.4. The van der Waals surface area contributed by atoms with E-state index in [1.165, 1.54) is 60.8 Å². The molecule has 4 nitrogen and oxygen atoms in total. The third-order valence-corrected chi connectivity index (χ3v) is 12.9. The zero-order valence-electron chi connectivity index (χ0n) is 46.4. The van der Waals surface area contributed by atoms with E-state index in [0.29, 0.717) is 11.8 Å². The number of alkyl halides is 3. The number of aryl methyl sites for hydroxylation is 2. The summed E-state index contributed by atoms with van der Waals surface area (Å²) in [7, 11) is 0. The quantitative estimate of drug-likeness (QED) is 0.201. The van der Waals surface area contributed by atoms with Crippen molar-refractivity contribution in [1.82, 2.24) is 19.9 Å². The first kappa shape index (κ1) is 61.4. The molecule has 4 heterocycles. The van der Waals surface area contributed by atoms with Gasteiger partial charge in [0, 0.05) is 60.4 Å². The first-order valence-electron chi connectivity index (χ1n) is 25.2. The predicted octanol–water partition coefficient (Wildman–Crippen LogP) is 18.7. The average molecular weight is 931 g/mol. The maximum atomic E-state index is 11.6. The number of halogens is 3. The molecule has 378 valence electrons. The molecule has 4 aromatic heterocycles. The number of hydrogen-bond acceptors (Lipinski definition) is 4. The van der Waals surface area contributed by atoms with Crippen molar-refractivity contribution in [3.63, 3.8) is 0 Å². The van der Waals surface area contributed by atoms with Crippen LogP contribution < -0.4 is 0 Å². The molecule has 0 unspecified atom stereocenters. The minimum absolute atomic E-state index is 0.0191. The van der Waals surface area contributed by atoms with Crippen LogP contribution in [0.3, 0.4) is 0 Å². The van der Waals surface area contributed by atoms with Crippen molar-refractivity contribution < 1.29 is 13.2 Å². The molecule has 1 spiro atoms. The second-order valence-corrected chi connectivity index (χ2v) is 25.7. The Morgan fingerprint density at radius 3 is 1.40 bits per heavy atom. The highest BCUT2D eigenvalue weighted by Gasteiger charge is 2.40. The van der Waals surface area contributed by atoms with Gasteiger partial charge < -0.3 is 0 Å². The summed E-state index contributed by atoms with van der Waals surface area (Å²) in [5.74, 6) is 0.994. The Morgan fingerprint density at radius 2 is 1.07 bits per heavy atom. The summed E-state index contributed by atoms with van der Waals surface area (Å²) in [6, 6.07) is 16.3. The van der Waals surface area contributed by atoms with Crippen LogP contribution in [0.4, 0.5) is 13.2 Å². The number of pyridine rings is 4. The fourth-order valence-electron chi connectivity index (χ4n) is 8.83. The molecule has 7 heteroatoms. The molecule has 0 bridgehead atoms. The van der Waals surface area contributed by atoms with Gasteiger partial charge in [-0.3, -0.25) is 19.9 Å². The van der Waals surface area contributed by atoms with Gasteiger partial charge in [-0.1, -0.05) is 150 Å². The van der Waals surface area contributed by atoms with E-state index >= 15 is 0 Å². The van der Waals surface area contributed by atoms with Crippen LogP contribution in [0.1, 0.15) is 229 Å². The molecular weight excluding hydrogens is 834 g/mol. The number of aromatic nitrogens is 4. The van der Waals surface area contributed by atoms with E-state index in [1.54, 1.807) is 19.0 Å². The van der Waals surface area contributed by atoms with Crippen LogP contribution >= 0.6 is 0 Å². The maximum absolute atomic E-state index is 11.6. The Balaban J connectivity index is 0.000000404. The first-order valence-corrected chi connectivity index (χ1v) is 25.2. The van der Waals surface area contributed by atoms with Gasteiger partial charge in [0.25, 0.3) is 0 Å². The third kappa shape index (κ3) is 26.1. The average Bonchev–Trinajstić information content (AvgIpc) is 3.65. The topological polar surface area (TPSA) is 51.6 Å². The van der Waals surface area contributed by atoms with E-state index in [0.717, 1.165) is 22.7 Å². The SMILES string of the molecule is CC(C)(C)C1CCC2(CCCC2)CC1.CC(C)(C)CCCC(F)(F)F.CC(C)(C)c1ccccn1.CC(C)(C)c1cccnc1.CC(C)(C)c1ccncc1.Cc1ccnc(C)c1C(C)(C)C. The number of nitrogens with zero attached hydrogens (tertiary/aromatic N) is 4. The van der Waals surface area contributed by atoms with E-state index in [4.69, 9.17) is 0 Å². The Bertz CT molecular complexity index is 1750. The lowest BCUT2D eigenvalue weighted by atomic mass is 9.63. The van der Waals surface area contributed by atoms with Crippen molar-refractivity contribution in [3.05, 3.63) is 119 Å². The molecule has 0 amide bonds. The van der Waals surface area contributed by atoms with E-state index in [1.807, 2.05) is 70.0 Å². The lowest BCUT2D eigenvalue weighted by Crippen LogP contribution is -2.30. The molecule has 0 aromatic carbocycles. The van der Waals surface area contributed by atoms with Crippen molar-refractivity contribution >= 4 is 0 Å². The molecule has 0 saturated heterocycles. The summed E-state index contributed by atoms with van der Waals surface area (Å²) < 4.78 is 34.9. The Labute approximate surface area is 410 Å².